The van der Waals surface area contributed by atoms with Crippen LogP contribution in [0.3, 0.4) is 0 Å². The van der Waals surface area contributed by atoms with Crippen molar-refractivity contribution in [3.05, 3.63) is 34.3 Å². The average molecular weight is 275 g/mol. The molecule has 2 rings (SSSR count). The van der Waals surface area contributed by atoms with E-state index in [1.165, 1.54) is 18.2 Å². The summed E-state index contributed by atoms with van der Waals surface area (Å²) < 4.78 is 25.4. The largest absolute Gasteiger partial charge is 0.481 e. The Hall–Kier alpha value is -1.16. The molecule has 0 unspecified atom stereocenters. The Morgan fingerprint density at radius 1 is 1.33 bits per heavy atom. The van der Waals surface area contributed by atoms with E-state index in [-0.39, 0.29) is 10.6 Å². The molecule has 1 aromatic carbocycles. The third-order valence-corrected chi connectivity index (χ3v) is 3.95. The lowest BCUT2D eigenvalue weighted by Crippen LogP contribution is -2.33. The van der Waals surface area contributed by atoms with Crippen molar-refractivity contribution < 1.29 is 18.7 Å². The van der Waals surface area contributed by atoms with E-state index in [1.807, 2.05) is 0 Å². The van der Waals surface area contributed by atoms with Gasteiger partial charge in [0.2, 0.25) is 0 Å². The first-order valence-electron chi connectivity index (χ1n) is 5.79. The van der Waals surface area contributed by atoms with Crippen molar-refractivity contribution in [2.45, 2.75) is 37.5 Å². The zero-order valence-electron chi connectivity index (χ0n) is 9.63. The van der Waals surface area contributed by atoms with E-state index in [1.54, 1.807) is 0 Å². The molecule has 5 heteroatoms. The first-order chi connectivity index (χ1) is 8.47. The molecule has 1 N–H and O–H groups in total. The van der Waals surface area contributed by atoms with Gasteiger partial charge in [0.25, 0.3) is 6.43 Å². The molecule has 0 heterocycles. The summed E-state index contributed by atoms with van der Waals surface area (Å²) in [6.07, 6.45) is -0.153. The molecular weight excluding hydrogens is 262 g/mol. The van der Waals surface area contributed by atoms with Gasteiger partial charge in [-0.1, -0.05) is 30.5 Å². The van der Waals surface area contributed by atoms with Gasteiger partial charge in [-0.3, -0.25) is 4.79 Å². The second-order valence-corrected chi connectivity index (χ2v) is 5.04. The van der Waals surface area contributed by atoms with Crippen molar-refractivity contribution in [3.8, 4) is 0 Å². The first-order valence-corrected chi connectivity index (χ1v) is 6.16. The molecule has 0 saturated heterocycles. The molecule has 1 aromatic rings. The van der Waals surface area contributed by atoms with Gasteiger partial charge >= 0.3 is 5.97 Å². The van der Waals surface area contributed by atoms with E-state index in [0.717, 1.165) is 12.8 Å². The van der Waals surface area contributed by atoms with Crippen LogP contribution in [-0.2, 0) is 10.2 Å². The summed E-state index contributed by atoms with van der Waals surface area (Å²) in [5, 5.41) is 9.68. The van der Waals surface area contributed by atoms with Crippen LogP contribution in [0, 0.1) is 0 Å². The van der Waals surface area contributed by atoms with Crippen molar-refractivity contribution in [1.82, 2.24) is 0 Å². The fourth-order valence-electron chi connectivity index (χ4n) is 2.62. The van der Waals surface area contributed by atoms with Crippen LogP contribution < -0.4 is 0 Å². The molecule has 1 saturated carbocycles. The van der Waals surface area contributed by atoms with E-state index in [0.29, 0.717) is 18.4 Å². The van der Waals surface area contributed by atoms with Gasteiger partial charge in [0.1, 0.15) is 0 Å². The molecule has 1 aliphatic carbocycles. The van der Waals surface area contributed by atoms with Crippen LogP contribution in [0.25, 0.3) is 0 Å². The van der Waals surface area contributed by atoms with Gasteiger partial charge in [0, 0.05) is 10.6 Å². The second kappa shape index (κ2) is 4.84. The van der Waals surface area contributed by atoms with Crippen molar-refractivity contribution in [2.24, 2.45) is 0 Å². The van der Waals surface area contributed by atoms with Gasteiger partial charge in [-0.05, 0) is 30.5 Å². The van der Waals surface area contributed by atoms with E-state index in [4.69, 9.17) is 11.6 Å². The summed E-state index contributed by atoms with van der Waals surface area (Å²) in [7, 11) is 0. The Kier molecular flexibility index (Phi) is 3.57. The number of carboxylic acids is 1. The predicted octanol–water partition coefficient (Wildman–Crippen LogP) is 4.17. The molecule has 1 aliphatic rings. The maximum absolute atomic E-state index is 12.7. The fourth-order valence-corrected chi connectivity index (χ4v) is 2.92. The smallest absolute Gasteiger partial charge is 0.314 e. The minimum Gasteiger partial charge on any atom is -0.481 e. The summed E-state index contributed by atoms with van der Waals surface area (Å²) in [6.45, 7) is 0. The van der Waals surface area contributed by atoms with Crippen LogP contribution >= 0.6 is 11.6 Å². The zero-order chi connectivity index (χ0) is 13.3. The number of rotatable bonds is 3. The van der Waals surface area contributed by atoms with E-state index in [9.17, 15) is 18.7 Å². The molecule has 2 nitrogen and oxygen atoms in total. The Bertz CT molecular complexity index is 468. The molecule has 0 spiro atoms. The predicted molar refractivity (Wildman–Crippen MR) is 64.2 cm³/mol. The summed E-state index contributed by atoms with van der Waals surface area (Å²) in [4.78, 5) is 11.5. The lowest BCUT2D eigenvalue weighted by molar-refractivity contribution is -0.143. The van der Waals surface area contributed by atoms with Crippen LogP contribution in [0.1, 0.15) is 43.2 Å². The Morgan fingerprint density at radius 3 is 2.44 bits per heavy atom. The minimum absolute atomic E-state index is 0.179. The number of carbonyl (C=O) groups is 1. The van der Waals surface area contributed by atoms with Crippen molar-refractivity contribution >= 4 is 17.6 Å². The molecule has 0 aliphatic heterocycles. The third-order valence-electron chi connectivity index (χ3n) is 3.62. The van der Waals surface area contributed by atoms with E-state index < -0.39 is 17.8 Å². The molecule has 0 aromatic heterocycles. The van der Waals surface area contributed by atoms with Crippen LogP contribution in [-0.4, -0.2) is 11.1 Å². The van der Waals surface area contributed by atoms with Gasteiger partial charge in [0.15, 0.2) is 0 Å². The monoisotopic (exact) mass is 274 g/mol. The summed E-state index contributed by atoms with van der Waals surface area (Å²) in [5.74, 6) is -0.978. The van der Waals surface area contributed by atoms with E-state index in [2.05, 4.69) is 0 Å². The Labute approximate surface area is 109 Å². The van der Waals surface area contributed by atoms with Crippen LogP contribution in [0.15, 0.2) is 18.2 Å². The number of benzene rings is 1. The highest BCUT2D eigenvalue weighted by molar-refractivity contribution is 6.31. The van der Waals surface area contributed by atoms with Gasteiger partial charge in [0.05, 0.1) is 5.41 Å². The summed E-state index contributed by atoms with van der Waals surface area (Å²) in [6, 6.07) is 3.84. The van der Waals surface area contributed by atoms with Gasteiger partial charge in [-0.2, -0.15) is 0 Å². The summed E-state index contributed by atoms with van der Waals surface area (Å²) in [5.41, 5.74) is -0.948. The number of halogens is 3. The Balaban J connectivity index is 2.54. The molecule has 18 heavy (non-hydrogen) atoms. The zero-order valence-corrected chi connectivity index (χ0v) is 10.4. The molecule has 0 bridgehead atoms. The third kappa shape index (κ3) is 2.09. The lowest BCUT2D eigenvalue weighted by atomic mass is 9.78. The van der Waals surface area contributed by atoms with Crippen molar-refractivity contribution in [3.63, 3.8) is 0 Å². The SMILES string of the molecule is O=C(O)C1(c2cc(C(F)F)ccc2Cl)CCCC1. The molecular formula is C13H13ClF2O2. The first kappa shape index (κ1) is 13.3. The van der Waals surface area contributed by atoms with Gasteiger partial charge < -0.3 is 5.11 Å². The van der Waals surface area contributed by atoms with Crippen molar-refractivity contribution in [2.75, 3.05) is 0 Å². The number of hydrogen-bond donors (Lipinski definition) is 1. The number of alkyl halides is 2. The van der Waals surface area contributed by atoms with E-state index >= 15 is 0 Å². The highest BCUT2D eigenvalue weighted by Gasteiger charge is 2.44. The van der Waals surface area contributed by atoms with Crippen LogP contribution in [0.5, 0.6) is 0 Å². The molecule has 0 amide bonds. The van der Waals surface area contributed by atoms with Crippen LogP contribution in [0.2, 0.25) is 5.02 Å². The van der Waals surface area contributed by atoms with Gasteiger partial charge in [-0.25, -0.2) is 8.78 Å². The highest BCUT2D eigenvalue weighted by Crippen LogP contribution is 2.45. The van der Waals surface area contributed by atoms with Crippen LogP contribution in [0.4, 0.5) is 8.78 Å². The molecule has 98 valence electrons. The summed E-state index contributed by atoms with van der Waals surface area (Å²) >= 11 is 6.01. The number of hydrogen-bond acceptors (Lipinski definition) is 1. The standard InChI is InChI=1S/C13H13ClF2O2/c14-10-4-3-8(11(15)16)7-9(10)13(12(17)18)5-1-2-6-13/h3-4,7,11H,1-2,5-6H2,(H,17,18). The normalized spacial score (nSPS) is 18.2. The molecule has 1 fully saturated rings. The Morgan fingerprint density at radius 2 is 1.94 bits per heavy atom. The van der Waals surface area contributed by atoms with Gasteiger partial charge in [-0.15, -0.1) is 0 Å². The lowest BCUT2D eigenvalue weighted by Gasteiger charge is -2.26. The number of carboxylic acid groups (broad SMARTS) is 1. The minimum atomic E-state index is -2.62. The topological polar surface area (TPSA) is 37.3 Å². The van der Waals surface area contributed by atoms with Crippen molar-refractivity contribution in [1.29, 1.82) is 0 Å². The number of aliphatic carboxylic acids is 1. The maximum Gasteiger partial charge on any atom is 0.314 e. The quantitative estimate of drug-likeness (QED) is 0.898. The fraction of sp³-hybridized carbons (Fsp3) is 0.462. The molecule has 0 radical (unpaired) electrons. The average Bonchev–Trinajstić information content (AvgIpc) is 2.79. The maximum atomic E-state index is 12.7. The second-order valence-electron chi connectivity index (χ2n) is 4.63. The molecule has 0 atom stereocenters. The highest BCUT2D eigenvalue weighted by atomic mass is 35.5.